The van der Waals surface area contributed by atoms with E-state index in [0.717, 1.165) is 30.3 Å². The lowest BCUT2D eigenvalue weighted by molar-refractivity contribution is -0.112. The molecular formula is C25H20BrIN2O2. The number of nitriles is 1. The third-order valence-corrected chi connectivity index (χ3v) is 6.44. The summed E-state index contributed by atoms with van der Waals surface area (Å²) in [5.74, 6) is 0.266. The molecule has 1 N–H and O–H groups in total. The van der Waals surface area contributed by atoms with E-state index in [4.69, 9.17) is 4.74 Å². The zero-order chi connectivity index (χ0) is 22.4. The number of carbonyl (C=O) groups excluding carboxylic acids is 1. The fourth-order valence-electron chi connectivity index (χ4n) is 3.05. The van der Waals surface area contributed by atoms with Gasteiger partial charge in [0.05, 0.1) is 7.11 Å². The molecule has 0 aromatic heterocycles. The van der Waals surface area contributed by atoms with E-state index in [1.165, 1.54) is 0 Å². The van der Waals surface area contributed by atoms with Gasteiger partial charge in [-0.2, -0.15) is 5.26 Å². The lowest BCUT2D eigenvalue weighted by Crippen LogP contribution is -2.13. The summed E-state index contributed by atoms with van der Waals surface area (Å²) in [5, 5.41) is 12.3. The number of nitrogens with zero attached hydrogens (tertiary/aromatic N) is 1. The van der Waals surface area contributed by atoms with Crippen LogP contribution in [0.5, 0.6) is 5.75 Å². The number of methoxy groups -OCH3 is 1. The molecule has 0 fully saturated rings. The van der Waals surface area contributed by atoms with Crippen molar-refractivity contribution in [3.05, 3.63) is 96.5 Å². The Morgan fingerprint density at radius 1 is 1.19 bits per heavy atom. The molecule has 1 amide bonds. The molecule has 0 aliphatic rings. The monoisotopic (exact) mass is 586 g/mol. The van der Waals surface area contributed by atoms with Crippen LogP contribution in [0, 0.1) is 21.8 Å². The first-order valence-electron chi connectivity index (χ1n) is 9.51. The first-order valence-corrected chi connectivity index (χ1v) is 11.4. The van der Waals surface area contributed by atoms with Crippen molar-refractivity contribution in [2.75, 3.05) is 12.4 Å². The van der Waals surface area contributed by atoms with Crippen molar-refractivity contribution in [3.8, 4) is 11.8 Å². The molecule has 4 nitrogen and oxygen atoms in total. The largest absolute Gasteiger partial charge is 0.496 e. The van der Waals surface area contributed by atoms with Crippen molar-refractivity contribution in [3.63, 3.8) is 0 Å². The SMILES string of the molecule is COc1cc(/C=C(\C#N)C(=O)Nc2ccc(C)cc2)cc(I)c1Cc1ccccc1Br. The van der Waals surface area contributed by atoms with Gasteiger partial charge < -0.3 is 10.1 Å². The van der Waals surface area contributed by atoms with Crippen LogP contribution < -0.4 is 10.1 Å². The topological polar surface area (TPSA) is 62.1 Å². The maximum atomic E-state index is 12.6. The van der Waals surface area contributed by atoms with Crippen LogP contribution in [0.15, 0.2) is 70.7 Å². The second kappa shape index (κ2) is 10.6. The average molecular weight is 587 g/mol. The van der Waals surface area contributed by atoms with Gasteiger partial charge in [-0.15, -0.1) is 0 Å². The zero-order valence-electron chi connectivity index (χ0n) is 17.1. The molecule has 156 valence electrons. The third-order valence-electron chi connectivity index (χ3n) is 4.71. The van der Waals surface area contributed by atoms with Crippen LogP contribution in [0.1, 0.15) is 22.3 Å². The lowest BCUT2D eigenvalue weighted by atomic mass is 10.0. The van der Waals surface area contributed by atoms with E-state index in [-0.39, 0.29) is 5.57 Å². The maximum absolute atomic E-state index is 12.6. The van der Waals surface area contributed by atoms with Crippen LogP contribution in [0.25, 0.3) is 6.08 Å². The number of rotatable bonds is 6. The molecule has 31 heavy (non-hydrogen) atoms. The molecule has 3 aromatic carbocycles. The van der Waals surface area contributed by atoms with Gasteiger partial charge in [0, 0.05) is 25.7 Å². The second-order valence-corrected chi connectivity index (χ2v) is 8.96. The van der Waals surface area contributed by atoms with Crippen LogP contribution in [0.4, 0.5) is 5.69 Å². The van der Waals surface area contributed by atoms with Gasteiger partial charge in [0.25, 0.3) is 5.91 Å². The molecule has 0 aliphatic carbocycles. The summed E-state index contributed by atoms with van der Waals surface area (Å²) in [6.07, 6.45) is 2.28. The summed E-state index contributed by atoms with van der Waals surface area (Å²) in [6, 6.07) is 21.3. The maximum Gasteiger partial charge on any atom is 0.266 e. The van der Waals surface area contributed by atoms with Gasteiger partial charge in [-0.05, 0) is 77.0 Å². The molecule has 0 bridgehead atoms. The first kappa shape index (κ1) is 23.0. The minimum atomic E-state index is -0.447. The Labute approximate surface area is 204 Å². The summed E-state index contributed by atoms with van der Waals surface area (Å²) in [6.45, 7) is 1.97. The molecule has 0 radical (unpaired) electrons. The Hall–Kier alpha value is -2.63. The summed E-state index contributed by atoms with van der Waals surface area (Å²) in [5.41, 5.74) is 4.70. The average Bonchev–Trinajstić information content (AvgIpc) is 2.76. The van der Waals surface area contributed by atoms with Crippen molar-refractivity contribution >= 4 is 56.2 Å². The van der Waals surface area contributed by atoms with Gasteiger partial charge in [0.15, 0.2) is 0 Å². The van der Waals surface area contributed by atoms with Gasteiger partial charge in [-0.25, -0.2) is 0 Å². The Balaban J connectivity index is 1.89. The Bertz CT molecular complexity index is 1180. The van der Waals surface area contributed by atoms with Crippen molar-refractivity contribution < 1.29 is 9.53 Å². The molecule has 0 saturated heterocycles. The summed E-state index contributed by atoms with van der Waals surface area (Å²) >= 11 is 5.86. The molecule has 0 spiro atoms. The van der Waals surface area contributed by atoms with E-state index in [1.54, 1.807) is 13.2 Å². The summed E-state index contributed by atoms with van der Waals surface area (Å²) in [4.78, 5) is 12.6. The van der Waals surface area contributed by atoms with Crippen LogP contribution in [-0.4, -0.2) is 13.0 Å². The van der Waals surface area contributed by atoms with E-state index >= 15 is 0 Å². The number of nitrogens with one attached hydrogen (secondary N) is 1. The van der Waals surface area contributed by atoms with Crippen molar-refractivity contribution in [2.24, 2.45) is 0 Å². The highest BCUT2D eigenvalue weighted by atomic mass is 127. The van der Waals surface area contributed by atoms with Crippen LogP contribution in [-0.2, 0) is 11.2 Å². The van der Waals surface area contributed by atoms with E-state index in [1.807, 2.05) is 67.6 Å². The molecule has 0 heterocycles. The van der Waals surface area contributed by atoms with E-state index < -0.39 is 5.91 Å². The normalized spacial score (nSPS) is 11.0. The molecule has 0 unspecified atom stereocenters. The van der Waals surface area contributed by atoms with Crippen molar-refractivity contribution in [2.45, 2.75) is 13.3 Å². The summed E-state index contributed by atoms with van der Waals surface area (Å²) < 4.78 is 7.66. The molecule has 6 heteroatoms. The zero-order valence-corrected chi connectivity index (χ0v) is 20.8. The Morgan fingerprint density at radius 2 is 1.90 bits per heavy atom. The fraction of sp³-hybridized carbons (Fsp3) is 0.120. The predicted molar refractivity (Wildman–Crippen MR) is 136 cm³/mol. The van der Waals surface area contributed by atoms with Crippen LogP contribution in [0.2, 0.25) is 0 Å². The highest BCUT2D eigenvalue weighted by molar-refractivity contribution is 14.1. The van der Waals surface area contributed by atoms with Gasteiger partial charge in [-0.1, -0.05) is 51.8 Å². The minimum Gasteiger partial charge on any atom is -0.496 e. The molecule has 3 rings (SSSR count). The number of carbonyl (C=O) groups is 1. The number of hydrogen-bond acceptors (Lipinski definition) is 3. The van der Waals surface area contributed by atoms with Crippen molar-refractivity contribution in [1.29, 1.82) is 5.26 Å². The molecule has 0 atom stereocenters. The summed E-state index contributed by atoms with van der Waals surface area (Å²) in [7, 11) is 1.62. The number of amides is 1. The van der Waals surface area contributed by atoms with Gasteiger partial charge in [0.1, 0.15) is 17.4 Å². The van der Waals surface area contributed by atoms with Gasteiger partial charge in [0.2, 0.25) is 0 Å². The molecule has 0 aliphatic heterocycles. The second-order valence-electron chi connectivity index (χ2n) is 6.94. The Kier molecular flexibility index (Phi) is 7.88. The molecule has 0 saturated carbocycles. The standard InChI is InChI=1S/C25H20BrIN2O2/c1-16-7-9-20(10-8-16)29-25(30)19(15-28)11-17-12-23(27)21(24(13-17)31-2)14-18-5-3-4-6-22(18)26/h3-13H,14H2,1-2H3,(H,29,30)/b19-11+. The Morgan fingerprint density at radius 3 is 2.55 bits per heavy atom. The number of ether oxygens (including phenoxy) is 1. The van der Waals surface area contributed by atoms with Crippen LogP contribution >= 0.6 is 38.5 Å². The fourth-order valence-corrected chi connectivity index (χ4v) is 4.29. The van der Waals surface area contributed by atoms with Gasteiger partial charge in [-0.3, -0.25) is 4.79 Å². The van der Waals surface area contributed by atoms with E-state index in [2.05, 4.69) is 49.9 Å². The third kappa shape index (κ3) is 5.96. The quantitative estimate of drug-likeness (QED) is 0.203. The predicted octanol–water partition coefficient (Wildman–Crippen LogP) is 6.51. The molecule has 3 aromatic rings. The number of aryl methyl sites for hydroxylation is 1. The minimum absolute atomic E-state index is 0.0250. The van der Waals surface area contributed by atoms with Gasteiger partial charge >= 0.3 is 0 Å². The van der Waals surface area contributed by atoms with Crippen LogP contribution in [0.3, 0.4) is 0 Å². The number of hydrogen-bond donors (Lipinski definition) is 1. The number of benzene rings is 3. The van der Waals surface area contributed by atoms with E-state index in [0.29, 0.717) is 17.9 Å². The highest BCUT2D eigenvalue weighted by Crippen LogP contribution is 2.31. The lowest BCUT2D eigenvalue weighted by Gasteiger charge is -2.13. The van der Waals surface area contributed by atoms with Crippen molar-refractivity contribution in [1.82, 2.24) is 0 Å². The highest BCUT2D eigenvalue weighted by Gasteiger charge is 2.14. The number of halogens is 2. The van der Waals surface area contributed by atoms with E-state index in [9.17, 15) is 10.1 Å². The smallest absolute Gasteiger partial charge is 0.266 e. The molecular weight excluding hydrogens is 567 g/mol. The first-order chi connectivity index (χ1) is 14.9. The number of anilines is 1.